The van der Waals surface area contributed by atoms with Crippen LogP contribution in [0.3, 0.4) is 0 Å². The summed E-state index contributed by atoms with van der Waals surface area (Å²) >= 11 is 0. The third-order valence-electron chi connectivity index (χ3n) is 10.8. The van der Waals surface area contributed by atoms with Crippen LogP contribution in [0.1, 0.15) is 52.0 Å². The number of fused-ring (bicyclic) bond motifs is 3. The molecule has 14 heteroatoms. The van der Waals surface area contributed by atoms with Gasteiger partial charge < -0.3 is 54.3 Å². The van der Waals surface area contributed by atoms with Gasteiger partial charge in [0.1, 0.15) is 42.4 Å². The molecule has 14 nitrogen and oxygen atoms in total. The van der Waals surface area contributed by atoms with Gasteiger partial charge in [-0.15, -0.1) is 0 Å². The Morgan fingerprint density at radius 2 is 1.73 bits per heavy atom. The third-order valence-corrected chi connectivity index (χ3v) is 10.8. The smallest absolute Gasteiger partial charge is 0.348 e. The second kappa shape index (κ2) is 15.0. The molecule has 13 atom stereocenters. The molecular weight excluding hydrogens is 644 g/mol. The van der Waals surface area contributed by atoms with E-state index in [1.54, 1.807) is 26.0 Å². The summed E-state index contributed by atoms with van der Waals surface area (Å²) in [5.74, 6) is -3.70. The first-order valence-corrected chi connectivity index (χ1v) is 16.8. The number of rotatable bonds is 11. The summed E-state index contributed by atoms with van der Waals surface area (Å²) in [5.41, 5.74) is 0.194. The van der Waals surface area contributed by atoms with Gasteiger partial charge in [0, 0.05) is 29.2 Å². The fourth-order valence-corrected chi connectivity index (χ4v) is 7.88. The molecule has 5 rings (SSSR count). The normalized spacial score (nSPS) is 37.1. The fourth-order valence-electron chi connectivity index (χ4n) is 7.88. The van der Waals surface area contributed by atoms with E-state index >= 15 is 0 Å². The van der Waals surface area contributed by atoms with E-state index in [-0.39, 0.29) is 30.6 Å². The van der Waals surface area contributed by atoms with Gasteiger partial charge in [-0.1, -0.05) is 39.5 Å². The average Bonchev–Trinajstić information content (AvgIpc) is 3.36. The van der Waals surface area contributed by atoms with Crippen molar-refractivity contribution in [1.29, 1.82) is 0 Å². The lowest BCUT2D eigenvalue weighted by Crippen LogP contribution is -2.60. The number of benzene rings is 1. The molecule has 0 radical (unpaired) electrons. The number of carbonyl (C=O) groups excluding carboxylic acids is 3. The van der Waals surface area contributed by atoms with Crippen LogP contribution >= 0.6 is 0 Å². The number of aliphatic hydroxyl groups is 5. The number of aromatic hydroxyl groups is 1. The highest BCUT2D eigenvalue weighted by Crippen LogP contribution is 2.58. The molecule has 2 aliphatic heterocycles. The van der Waals surface area contributed by atoms with Crippen LogP contribution in [-0.4, -0.2) is 117 Å². The molecule has 272 valence electrons. The van der Waals surface area contributed by atoms with E-state index in [9.17, 15) is 45.0 Å². The van der Waals surface area contributed by atoms with Gasteiger partial charge in [0.15, 0.2) is 12.4 Å². The van der Waals surface area contributed by atoms with Crippen LogP contribution in [0, 0.1) is 29.1 Å². The lowest BCUT2D eigenvalue weighted by atomic mass is 9.52. The Kier molecular flexibility index (Phi) is 11.4. The molecule has 1 aromatic carbocycles. The predicted molar refractivity (Wildman–Crippen MR) is 168 cm³/mol. The van der Waals surface area contributed by atoms with Gasteiger partial charge >= 0.3 is 17.9 Å². The zero-order valence-corrected chi connectivity index (χ0v) is 27.9. The first-order valence-electron chi connectivity index (χ1n) is 16.8. The Labute approximate surface area is 284 Å². The first kappa shape index (κ1) is 37.2. The van der Waals surface area contributed by atoms with Crippen LogP contribution in [0.2, 0.25) is 0 Å². The fraction of sp³-hybridized carbons (Fsp3) is 0.686. The van der Waals surface area contributed by atoms with Gasteiger partial charge in [-0.3, -0.25) is 0 Å². The molecule has 6 N–H and O–H groups in total. The highest BCUT2D eigenvalue weighted by Gasteiger charge is 2.61. The summed E-state index contributed by atoms with van der Waals surface area (Å²) in [6.07, 6.45) is -9.61. The topological polar surface area (TPSA) is 219 Å². The number of phenolic OH excluding ortho intramolecular Hbond substituents is 1. The van der Waals surface area contributed by atoms with Crippen LogP contribution in [0.15, 0.2) is 36.4 Å². The Hall–Kier alpha value is -3.11. The first-order chi connectivity index (χ1) is 23.2. The molecule has 4 fully saturated rings. The van der Waals surface area contributed by atoms with Gasteiger partial charge in [-0.25, -0.2) is 14.4 Å². The molecule has 13 unspecified atom stereocenters. The maximum atomic E-state index is 13.9. The van der Waals surface area contributed by atoms with Crippen molar-refractivity contribution in [2.24, 2.45) is 29.1 Å². The van der Waals surface area contributed by atoms with Crippen LogP contribution in [0.4, 0.5) is 0 Å². The van der Waals surface area contributed by atoms with E-state index in [1.165, 1.54) is 12.1 Å². The number of phenols is 1. The van der Waals surface area contributed by atoms with Crippen LogP contribution < -0.4 is 0 Å². The van der Waals surface area contributed by atoms with Gasteiger partial charge in [0.2, 0.25) is 6.10 Å². The number of hydrogen-bond acceptors (Lipinski definition) is 14. The maximum absolute atomic E-state index is 13.9. The van der Waals surface area contributed by atoms with E-state index < -0.39 is 96.9 Å². The van der Waals surface area contributed by atoms with Gasteiger partial charge in [-0.05, 0) is 55.2 Å². The van der Waals surface area contributed by atoms with Gasteiger partial charge in [0.05, 0.1) is 13.2 Å². The van der Waals surface area contributed by atoms with Crippen molar-refractivity contribution >= 4 is 17.9 Å². The van der Waals surface area contributed by atoms with Gasteiger partial charge in [-0.2, -0.15) is 0 Å². The van der Waals surface area contributed by atoms with Crippen LogP contribution in [0.25, 0.3) is 0 Å². The molecule has 0 aromatic heterocycles. The second-order valence-corrected chi connectivity index (χ2v) is 14.4. The SMILES string of the molecule is C=C1C(=O)OC2C1CCC1(C)C(OC(=O)C(Cc3ccc(O)cc3)OC(=O)C(O)C(C)C)CCC(COC3OC(CO)C(O)C(O)C3O)C21. The Morgan fingerprint density at radius 1 is 1.04 bits per heavy atom. The molecule has 2 saturated heterocycles. The van der Waals surface area contributed by atoms with E-state index in [0.717, 1.165) is 0 Å². The summed E-state index contributed by atoms with van der Waals surface area (Å²) in [6.45, 7) is 8.56. The average molecular weight is 693 g/mol. The lowest BCUT2D eigenvalue weighted by molar-refractivity contribution is -0.306. The molecule has 1 aromatic rings. The van der Waals surface area contributed by atoms with E-state index in [0.29, 0.717) is 36.8 Å². The molecule has 49 heavy (non-hydrogen) atoms. The zero-order valence-electron chi connectivity index (χ0n) is 27.9. The number of carbonyl (C=O) groups is 3. The minimum absolute atomic E-state index is 0.00889. The highest BCUT2D eigenvalue weighted by atomic mass is 16.7. The molecule has 0 bridgehead atoms. The summed E-state index contributed by atoms with van der Waals surface area (Å²) in [7, 11) is 0. The van der Waals surface area contributed by atoms with Crippen molar-refractivity contribution in [3.05, 3.63) is 42.0 Å². The second-order valence-electron chi connectivity index (χ2n) is 14.4. The number of ether oxygens (including phenoxy) is 5. The van der Waals surface area contributed by atoms with Gasteiger partial charge in [0.25, 0.3) is 0 Å². The number of esters is 3. The Morgan fingerprint density at radius 3 is 2.39 bits per heavy atom. The van der Waals surface area contributed by atoms with Crippen molar-refractivity contribution in [1.82, 2.24) is 0 Å². The molecule has 0 spiro atoms. The van der Waals surface area contributed by atoms with Crippen molar-refractivity contribution in [3.8, 4) is 5.75 Å². The maximum Gasteiger partial charge on any atom is 0.348 e. The standard InChI is InChI=1S/C35H48O14/c1-16(2)26(38)33(44)46-22(13-18-5-8-20(37)9-6-18)32(43)48-24-10-7-19(15-45-34-29(41)28(40)27(39)23(14-36)47-34)25-30-21(11-12-35(24,25)4)17(3)31(42)49-30/h5-6,8-9,16,19,21-30,34,36-41H,3,7,10-15H2,1-2,4H3. The molecule has 2 heterocycles. The molecule has 4 aliphatic rings. The van der Waals surface area contributed by atoms with Crippen LogP contribution in [-0.2, 0) is 44.5 Å². The summed E-state index contributed by atoms with van der Waals surface area (Å²) in [4.78, 5) is 39.4. The number of hydrogen-bond donors (Lipinski definition) is 6. The summed E-state index contributed by atoms with van der Waals surface area (Å²) < 4.78 is 29.1. The third kappa shape index (κ3) is 7.51. The molecule has 2 saturated carbocycles. The van der Waals surface area contributed by atoms with Crippen molar-refractivity contribution in [2.75, 3.05) is 13.2 Å². The van der Waals surface area contributed by atoms with E-state index in [4.69, 9.17) is 23.7 Å². The molecular formula is C35H48O14. The highest BCUT2D eigenvalue weighted by molar-refractivity contribution is 5.91. The predicted octanol–water partition coefficient (Wildman–Crippen LogP) is 0.516. The van der Waals surface area contributed by atoms with Crippen molar-refractivity contribution < 1.29 is 68.7 Å². The summed E-state index contributed by atoms with van der Waals surface area (Å²) in [5, 5.41) is 60.6. The largest absolute Gasteiger partial charge is 0.508 e. The van der Waals surface area contributed by atoms with E-state index in [1.807, 2.05) is 6.92 Å². The van der Waals surface area contributed by atoms with E-state index in [2.05, 4.69) is 6.58 Å². The quantitative estimate of drug-likeness (QED) is 0.106. The minimum atomic E-state index is -1.61. The lowest BCUT2D eigenvalue weighted by Gasteiger charge is -2.55. The van der Waals surface area contributed by atoms with Crippen LogP contribution in [0.5, 0.6) is 5.75 Å². The minimum Gasteiger partial charge on any atom is -0.508 e. The zero-order chi connectivity index (χ0) is 35.8. The van der Waals surface area contributed by atoms with Crippen molar-refractivity contribution in [3.63, 3.8) is 0 Å². The Balaban J connectivity index is 1.37. The Bertz CT molecular complexity index is 1360. The summed E-state index contributed by atoms with van der Waals surface area (Å²) in [6, 6.07) is 6.06. The monoisotopic (exact) mass is 692 g/mol. The van der Waals surface area contributed by atoms with Crippen molar-refractivity contribution in [2.45, 2.75) is 108 Å². The number of aliphatic hydroxyl groups excluding tert-OH is 5. The molecule has 0 amide bonds. The molecule has 2 aliphatic carbocycles.